The molecule has 0 radical (unpaired) electrons. The predicted molar refractivity (Wildman–Crippen MR) is 79.0 cm³/mol. The number of likely N-dealkylation sites (N-methyl/N-ethyl adjacent to an activating group) is 1. The Morgan fingerprint density at radius 2 is 2.15 bits per heavy atom. The number of aliphatic hydroxyl groups excluding tert-OH is 1. The van der Waals surface area contributed by atoms with Gasteiger partial charge in [0.2, 0.25) is 0 Å². The van der Waals surface area contributed by atoms with Gasteiger partial charge in [-0.3, -0.25) is 4.68 Å². The van der Waals surface area contributed by atoms with Crippen LogP contribution >= 0.6 is 11.6 Å². The average Bonchev–Trinajstić information content (AvgIpc) is 3.03. The molecule has 1 atom stereocenters. The molecule has 2 rings (SSSR count). The van der Waals surface area contributed by atoms with E-state index in [1.807, 2.05) is 14.1 Å². The van der Waals surface area contributed by atoms with Crippen molar-refractivity contribution >= 4 is 11.6 Å². The molecule has 0 amide bonds. The molecule has 0 aromatic carbocycles. The number of hydrogen-bond acceptors (Lipinski definition) is 4. The summed E-state index contributed by atoms with van der Waals surface area (Å²) in [5.74, 6) is 0. The second-order valence-electron chi connectivity index (χ2n) is 5.78. The number of aromatic nitrogens is 2. The summed E-state index contributed by atoms with van der Waals surface area (Å²) in [6.07, 6.45) is 4.75. The van der Waals surface area contributed by atoms with Gasteiger partial charge in [0.05, 0.1) is 29.1 Å². The van der Waals surface area contributed by atoms with Crippen LogP contribution in [0.25, 0.3) is 0 Å². The summed E-state index contributed by atoms with van der Waals surface area (Å²) in [5.41, 5.74) is 0.164. The molecule has 1 N–H and O–H groups in total. The summed E-state index contributed by atoms with van der Waals surface area (Å²) in [4.78, 5) is 2.08. The highest BCUT2D eigenvalue weighted by Gasteiger charge is 2.43. The van der Waals surface area contributed by atoms with Crippen molar-refractivity contribution in [3.05, 3.63) is 16.9 Å². The van der Waals surface area contributed by atoms with Crippen LogP contribution < -0.4 is 0 Å². The Kier molecular flexibility index (Phi) is 5.07. The first-order valence-electron chi connectivity index (χ1n) is 7.09. The summed E-state index contributed by atoms with van der Waals surface area (Å²) in [7, 11) is 5.69. The van der Waals surface area contributed by atoms with Crippen LogP contribution in [0.5, 0.6) is 0 Å². The number of ether oxygens (including phenoxy) is 1. The quantitative estimate of drug-likeness (QED) is 0.874. The van der Waals surface area contributed by atoms with Crippen molar-refractivity contribution in [1.29, 1.82) is 0 Å². The van der Waals surface area contributed by atoms with Crippen molar-refractivity contribution < 1.29 is 9.84 Å². The van der Waals surface area contributed by atoms with E-state index in [-0.39, 0.29) is 0 Å². The summed E-state index contributed by atoms with van der Waals surface area (Å²) in [6, 6.07) is 0. The van der Waals surface area contributed by atoms with E-state index in [4.69, 9.17) is 16.3 Å². The monoisotopic (exact) mass is 301 g/mol. The largest absolute Gasteiger partial charge is 0.384 e. The molecule has 1 aromatic heterocycles. The molecule has 1 unspecified atom stereocenters. The zero-order valence-electron chi connectivity index (χ0n) is 12.5. The maximum atomic E-state index is 10.8. The summed E-state index contributed by atoms with van der Waals surface area (Å²) >= 11 is 6.24. The lowest BCUT2D eigenvalue weighted by Gasteiger charge is -2.33. The lowest BCUT2D eigenvalue weighted by Crippen LogP contribution is -2.37. The number of halogens is 1. The summed E-state index contributed by atoms with van der Waals surface area (Å²) in [5, 5.41) is 15.6. The van der Waals surface area contributed by atoms with Gasteiger partial charge in [0.1, 0.15) is 6.10 Å². The predicted octanol–water partition coefficient (Wildman–Crippen LogP) is 2.09. The second-order valence-corrected chi connectivity index (χ2v) is 6.19. The maximum absolute atomic E-state index is 10.8. The SMILES string of the molecule is COC1(C(O)c2c(Cl)cnn2CCN(C)C)CCCC1. The van der Waals surface area contributed by atoms with Crippen LogP contribution in [0, 0.1) is 0 Å². The Morgan fingerprint density at radius 3 is 2.70 bits per heavy atom. The molecule has 20 heavy (non-hydrogen) atoms. The molecule has 114 valence electrons. The fourth-order valence-electron chi connectivity index (χ4n) is 2.93. The van der Waals surface area contributed by atoms with Crippen molar-refractivity contribution in [3.8, 4) is 0 Å². The van der Waals surface area contributed by atoms with Gasteiger partial charge in [0.25, 0.3) is 0 Å². The lowest BCUT2D eigenvalue weighted by atomic mass is 9.92. The van der Waals surface area contributed by atoms with Gasteiger partial charge in [-0.25, -0.2) is 0 Å². The Morgan fingerprint density at radius 1 is 1.50 bits per heavy atom. The Balaban J connectivity index is 2.24. The van der Waals surface area contributed by atoms with Gasteiger partial charge in [0, 0.05) is 13.7 Å². The second kappa shape index (κ2) is 6.43. The van der Waals surface area contributed by atoms with Gasteiger partial charge in [-0.1, -0.05) is 24.4 Å². The third-order valence-electron chi connectivity index (χ3n) is 4.21. The molecule has 0 aliphatic heterocycles. The molecule has 6 heteroatoms. The van der Waals surface area contributed by atoms with Gasteiger partial charge in [-0.2, -0.15) is 5.10 Å². The van der Waals surface area contributed by atoms with Crippen LogP contribution in [0.3, 0.4) is 0 Å². The number of methoxy groups -OCH3 is 1. The molecule has 1 aromatic rings. The van der Waals surface area contributed by atoms with Crippen molar-refractivity contribution in [2.45, 2.75) is 43.9 Å². The first-order chi connectivity index (χ1) is 9.50. The van der Waals surface area contributed by atoms with E-state index in [9.17, 15) is 5.11 Å². The van der Waals surface area contributed by atoms with Crippen LogP contribution in [-0.2, 0) is 11.3 Å². The standard InChI is InChI=1S/C14H24ClN3O2/c1-17(2)8-9-18-12(11(15)10-16-18)13(19)14(20-3)6-4-5-7-14/h10,13,19H,4-9H2,1-3H3. The lowest BCUT2D eigenvalue weighted by molar-refractivity contribution is -0.103. The Bertz CT molecular complexity index is 442. The van der Waals surface area contributed by atoms with Crippen LogP contribution in [0.2, 0.25) is 5.02 Å². The first kappa shape index (κ1) is 15.8. The third-order valence-corrected chi connectivity index (χ3v) is 4.50. The fourth-order valence-corrected chi connectivity index (χ4v) is 3.17. The molecular formula is C14H24ClN3O2. The van der Waals surface area contributed by atoms with Crippen LogP contribution in [0.1, 0.15) is 37.5 Å². The maximum Gasteiger partial charge on any atom is 0.126 e. The first-order valence-corrected chi connectivity index (χ1v) is 7.47. The van der Waals surface area contributed by atoms with Gasteiger partial charge >= 0.3 is 0 Å². The third kappa shape index (κ3) is 3.01. The van der Waals surface area contributed by atoms with E-state index < -0.39 is 11.7 Å². The molecule has 0 bridgehead atoms. The van der Waals surface area contributed by atoms with Gasteiger partial charge < -0.3 is 14.7 Å². The molecule has 0 saturated heterocycles. The average molecular weight is 302 g/mol. The highest BCUT2D eigenvalue weighted by atomic mass is 35.5. The van der Waals surface area contributed by atoms with Crippen LogP contribution in [0.4, 0.5) is 0 Å². The van der Waals surface area contributed by atoms with E-state index in [0.29, 0.717) is 17.3 Å². The highest BCUT2D eigenvalue weighted by Crippen LogP contribution is 2.43. The van der Waals surface area contributed by atoms with Crippen molar-refractivity contribution in [1.82, 2.24) is 14.7 Å². The normalized spacial score (nSPS) is 19.7. The zero-order valence-corrected chi connectivity index (χ0v) is 13.2. The van der Waals surface area contributed by atoms with E-state index in [2.05, 4.69) is 10.00 Å². The molecule has 1 saturated carbocycles. The number of rotatable bonds is 6. The zero-order chi connectivity index (χ0) is 14.8. The fraction of sp³-hybridized carbons (Fsp3) is 0.786. The minimum atomic E-state index is -0.729. The molecule has 0 spiro atoms. The molecule has 1 aliphatic carbocycles. The molecule has 5 nitrogen and oxygen atoms in total. The van der Waals surface area contributed by atoms with Crippen LogP contribution in [0.15, 0.2) is 6.20 Å². The van der Waals surface area contributed by atoms with Crippen molar-refractivity contribution in [2.24, 2.45) is 0 Å². The highest BCUT2D eigenvalue weighted by molar-refractivity contribution is 6.31. The molecule has 1 heterocycles. The van der Waals surface area contributed by atoms with Crippen molar-refractivity contribution in [2.75, 3.05) is 27.7 Å². The smallest absolute Gasteiger partial charge is 0.126 e. The van der Waals surface area contributed by atoms with E-state index in [1.165, 1.54) is 0 Å². The summed E-state index contributed by atoms with van der Waals surface area (Å²) < 4.78 is 7.46. The van der Waals surface area contributed by atoms with Crippen molar-refractivity contribution in [3.63, 3.8) is 0 Å². The van der Waals surface area contributed by atoms with Gasteiger partial charge in [0.15, 0.2) is 0 Å². The van der Waals surface area contributed by atoms with Gasteiger partial charge in [-0.15, -0.1) is 0 Å². The number of nitrogens with zero attached hydrogens (tertiary/aromatic N) is 3. The van der Waals surface area contributed by atoms with E-state index in [1.54, 1.807) is 18.0 Å². The molecular weight excluding hydrogens is 278 g/mol. The number of aliphatic hydroxyl groups is 1. The minimum Gasteiger partial charge on any atom is -0.384 e. The van der Waals surface area contributed by atoms with Crippen LogP contribution in [-0.4, -0.2) is 53.1 Å². The van der Waals surface area contributed by atoms with E-state index in [0.717, 1.165) is 32.2 Å². The Hall–Kier alpha value is -0.620. The summed E-state index contributed by atoms with van der Waals surface area (Å²) in [6.45, 7) is 1.55. The molecule has 1 aliphatic rings. The minimum absolute atomic E-state index is 0.514. The molecule has 1 fully saturated rings. The topological polar surface area (TPSA) is 50.5 Å². The Labute approximate surface area is 125 Å². The van der Waals surface area contributed by atoms with E-state index >= 15 is 0 Å². The van der Waals surface area contributed by atoms with Gasteiger partial charge in [-0.05, 0) is 26.9 Å². The number of hydrogen-bond donors (Lipinski definition) is 1.